The average Bonchev–Trinajstić information content (AvgIpc) is 2.67. The monoisotopic (exact) mass is 355 g/mol. The summed E-state index contributed by atoms with van der Waals surface area (Å²) < 4.78 is 13.9. The summed E-state index contributed by atoms with van der Waals surface area (Å²) >= 11 is 0. The van der Waals surface area contributed by atoms with Crippen LogP contribution in [0.15, 0.2) is 48.5 Å². The number of para-hydroxylation sites is 1. The van der Waals surface area contributed by atoms with Crippen molar-refractivity contribution >= 4 is 17.5 Å². The van der Waals surface area contributed by atoms with Crippen LogP contribution in [0.5, 0.6) is 0 Å². The minimum absolute atomic E-state index is 0.0238. The molecule has 1 fully saturated rings. The highest BCUT2D eigenvalue weighted by Crippen LogP contribution is 2.20. The number of anilines is 1. The Balaban J connectivity index is 1.58. The number of benzene rings is 2. The van der Waals surface area contributed by atoms with Crippen LogP contribution in [-0.2, 0) is 11.3 Å². The molecule has 0 radical (unpaired) electrons. The van der Waals surface area contributed by atoms with E-state index in [9.17, 15) is 14.0 Å². The van der Waals surface area contributed by atoms with Crippen LogP contribution in [-0.4, -0.2) is 42.9 Å². The van der Waals surface area contributed by atoms with Crippen LogP contribution in [0, 0.1) is 5.82 Å². The highest BCUT2D eigenvalue weighted by Gasteiger charge is 2.23. The van der Waals surface area contributed by atoms with Crippen LogP contribution in [0.3, 0.4) is 0 Å². The van der Waals surface area contributed by atoms with Crippen molar-refractivity contribution in [3.63, 3.8) is 0 Å². The van der Waals surface area contributed by atoms with Crippen molar-refractivity contribution in [2.45, 2.75) is 13.5 Å². The Morgan fingerprint density at radius 3 is 2.27 bits per heavy atom. The highest BCUT2D eigenvalue weighted by atomic mass is 19.1. The highest BCUT2D eigenvalue weighted by molar-refractivity contribution is 5.94. The van der Waals surface area contributed by atoms with Gasteiger partial charge in [0.15, 0.2) is 0 Å². The van der Waals surface area contributed by atoms with Crippen molar-refractivity contribution in [3.05, 3.63) is 65.5 Å². The van der Waals surface area contributed by atoms with Crippen LogP contribution in [0.1, 0.15) is 22.8 Å². The van der Waals surface area contributed by atoms with Gasteiger partial charge in [-0.2, -0.15) is 0 Å². The Morgan fingerprint density at radius 2 is 1.65 bits per heavy atom. The molecule has 0 aromatic heterocycles. The fourth-order valence-electron chi connectivity index (χ4n) is 3.03. The van der Waals surface area contributed by atoms with Crippen LogP contribution in [0.4, 0.5) is 10.1 Å². The number of halogens is 1. The maximum absolute atomic E-state index is 13.9. The number of carbonyl (C=O) groups is 2. The molecule has 2 aromatic carbocycles. The van der Waals surface area contributed by atoms with E-state index in [-0.39, 0.29) is 17.6 Å². The zero-order valence-corrected chi connectivity index (χ0v) is 14.7. The molecular weight excluding hydrogens is 333 g/mol. The molecule has 5 nitrogen and oxygen atoms in total. The second-order valence-corrected chi connectivity index (χ2v) is 6.34. The fourth-order valence-corrected chi connectivity index (χ4v) is 3.03. The minimum atomic E-state index is -0.234. The lowest BCUT2D eigenvalue weighted by Crippen LogP contribution is -2.49. The number of nitrogens with one attached hydrogen (secondary N) is 1. The number of carbonyl (C=O) groups excluding carboxylic acids is 2. The second kappa shape index (κ2) is 7.99. The van der Waals surface area contributed by atoms with E-state index in [1.807, 2.05) is 23.1 Å². The summed E-state index contributed by atoms with van der Waals surface area (Å²) in [6.45, 7) is 4.24. The Morgan fingerprint density at radius 1 is 1.00 bits per heavy atom. The molecule has 0 saturated carbocycles. The first-order chi connectivity index (χ1) is 12.5. The van der Waals surface area contributed by atoms with Crippen LogP contribution >= 0.6 is 0 Å². The van der Waals surface area contributed by atoms with E-state index < -0.39 is 0 Å². The quantitative estimate of drug-likeness (QED) is 0.916. The predicted molar refractivity (Wildman–Crippen MR) is 98.5 cm³/mol. The predicted octanol–water partition coefficient (Wildman–Crippen LogP) is 2.42. The zero-order chi connectivity index (χ0) is 18.5. The van der Waals surface area contributed by atoms with Crippen molar-refractivity contribution in [3.8, 4) is 0 Å². The molecule has 1 aliphatic heterocycles. The molecule has 1 aliphatic rings. The van der Waals surface area contributed by atoms with Gasteiger partial charge in [0, 0.05) is 45.2 Å². The number of hydrogen-bond acceptors (Lipinski definition) is 3. The summed E-state index contributed by atoms with van der Waals surface area (Å²) in [6, 6.07) is 14.0. The molecule has 0 aliphatic carbocycles. The first kappa shape index (κ1) is 17.9. The van der Waals surface area contributed by atoms with Crippen molar-refractivity contribution < 1.29 is 14.0 Å². The molecule has 1 saturated heterocycles. The van der Waals surface area contributed by atoms with Gasteiger partial charge in [-0.05, 0) is 29.8 Å². The molecule has 0 bridgehead atoms. The lowest BCUT2D eigenvalue weighted by molar-refractivity contribution is -0.119. The van der Waals surface area contributed by atoms with Gasteiger partial charge in [0.05, 0.1) is 5.69 Å². The molecule has 3 rings (SSSR count). The molecule has 0 spiro atoms. The number of nitrogens with zero attached hydrogens (tertiary/aromatic N) is 2. The SMILES string of the molecule is CC(=O)NCc1ccc(C(=O)N2CCN(c3ccccc3F)CC2)cc1. The summed E-state index contributed by atoms with van der Waals surface area (Å²) in [6.07, 6.45) is 0. The van der Waals surface area contributed by atoms with Gasteiger partial charge in [0.25, 0.3) is 5.91 Å². The van der Waals surface area contributed by atoms with E-state index in [1.165, 1.54) is 13.0 Å². The molecule has 0 atom stereocenters. The third-order valence-corrected chi connectivity index (χ3v) is 4.50. The van der Waals surface area contributed by atoms with E-state index in [0.717, 1.165) is 5.56 Å². The molecule has 26 heavy (non-hydrogen) atoms. The van der Waals surface area contributed by atoms with Gasteiger partial charge in [0.1, 0.15) is 5.82 Å². The van der Waals surface area contributed by atoms with Gasteiger partial charge < -0.3 is 15.1 Å². The van der Waals surface area contributed by atoms with Gasteiger partial charge in [-0.25, -0.2) is 4.39 Å². The minimum Gasteiger partial charge on any atom is -0.366 e. The molecule has 0 unspecified atom stereocenters. The number of rotatable bonds is 4. The van der Waals surface area contributed by atoms with Crippen molar-refractivity contribution in [1.82, 2.24) is 10.2 Å². The third-order valence-electron chi connectivity index (χ3n) is 4.50. The Kier molecular flexibility index (Phi) is 5.51. The van der Waals surface area contributed by atoms with Crippen LogP contribution in [0.2, 0.25) is 0 Å². The average molecular weight is 355 g/mol. The van der Waals surface area contributed by atoms with Gasteiger partial charge in [-0.15, -0.1) is 0 Å². The molecular formula is C20H22FN3O2. The zero-order valence-electron chi connectivity index (χ0n) is 14.7. The lowest BCUT2D eigenvalue weighted by atomic mass is 10.1. The van der Waals surface area contributed by atoms with Crippen molar-refractivity contribution in [2.24, 2.45) is 0 Å². The smallest absolute Gasteiger partial charge is 0.253 e. The second-order valence-electron chi connectivity index (χ2n) is 6.34. The molecule has 1 N–H and O–H groups in total. The van der Waals surface area contributed by atoms with Gasteiger partial charge >= 0.3 is 0 Å². The van der Waals surface area contributed by atoms with E-state index >= 15 is 0 Å². The van der Waals surface area contributed by atoms with Gasteiger partial charge in [-0.3, -0.25) is 9.59 Å². The fraction of sp³-hybridized carbons (Fsp3) is 0.300. The van der Waals surface area contributed by atoms with E-state index in [0.29, 0.717) is 44.0 Å². The summed E-state index contributed by atoms with van der Waals surface area (Å²) in [4.78, 5) is 27.4. The van der Waals surface area contributed by atoms with Crippen molar-refractivity contribution in [2.75, 3.05) is 31.1 Å². The number of hydrogen-bond donors (Lipinski definition) is 1. The standard InChI is InChI=1S/C20H22FN3O2/c1-15(25)22-14-16-6-8-17(9-7-16)20(26)24-12-10-23(11-13-24)19-5-3-2-4-18(19)21/h2-9H,10-14H2,1H3,(H,22,25). The maximum atomic E-state index is 13.9. The van der Waals surface area contributed by atoms with Gasteiger partial charge in [0.2, 0.25) is 5.91 Å². The molecule has 136 valence electrons. The number of amides is 2. The van der Waals surface area contributed by atoms with E-state index in [2.05, 4.69) is 5.32 Å². The normalized spacial score (nSPS) is 14.2. The molecule has 2 amide bonds. The third kappa shape index (κ3) is 4.20. The largest absolute Gasteiger partial charge is 0.366 e. The Hall–Kier alpha value is -2.89. The van der Waals surface area contributed by atoms with Gasteiger partial charge in [-0.1, -0.05) is 24.3 Å². The lowest BCUT2D eigenvalue weighted by Gasteiger charge is -2.36. The summed E-state index contributed by atoms with van der Waals surface area (Å²) in [5.74, 6) is -0.343. The summed E-state index contributed by atoms with van der Waals surface area (Å²) in [5, 5.41) is 2.73. The molecule has 2 aromatic rings. The summed E-state index contributed by atoms with van der Waals surface area (Å²) in [5.41, 5.74) is 2.15. The van der Waals surface area contributed by atoms with Crippen LogP contribution in [0.25, 0.3) is 0 Å². The first-order valence-electron chi connectivity index (χ1n) is 8.67. The first-order valence-corrected chi connectivity index (χ1v) is 8.67. The van der Waals surface area contributed by atoms with E-state index in [1.54, 1.807) is 29.2 Å². The molecule has 1 heterocycles. The Labute approximate surface area is 152 Å². The Bertz CT molecular complexity index is 784. The maximum Gasteiger partial charge on any atom is 0.253 e. The van der Waals surface area contributed by atoms with Crippen LogP contribution < -0.4 is 10.2 Å². The topological polar surface area (TPSA) is 52.7 Å². The molecule has 6 heteroatoms. The van der Waals surface area contributed by atoms with E-state index in [4.69, 9.17) is 0 Å². The van der Waals surface area contributed by atoms with Crippen molar-refractivity contribution in [1.29, 1.82) is 0 Å². The summed E-state index contributed by atoms with van der Waals surface area (Å²) in [7, 11) is 0. The number of piperazine rings is 1.